The fourth-order valence-electron chi connectivity index (χ4n) is 3.18. The number of benzene rings is 1. The van der Waals surface area contributed by atoms with Crippen molar-refractivity contribution in [1.29, 1.82) is 0 Å². The highest BCUT2D eigenvalue weighted by Gasteiger charge is 2.19. The van der Waals surface area contributed by atoms with Gasteiger partial charge in [0.25, 0.3) is 0 Å². The molecule has 0 saturated carbocycles. The molecule has 0 aliphatic heterocycles. The Labute approximate surface area is 147 Å². The van der Waals surface area contributed by atoms with E-state index in [-0.39, 0.29) is 5.41 Å². The van der Waals surface area contributed by atoms with E-state index in [0.29, 0.717) is 0 Å². The fourth-order valence-corrected chi connectivity index (χ4v) is 3.18. The zero-order chi connectivity index (χ0) is 17.6. The van der Waals surface area contributed by atoms with Gasteiger partial charge in [0.15, 0.2) is 5.58 Å². The van der Waals surface area contributed by atoms with Crippen molar-refractivity contribution < 1.29 is 4.42 Å². The summed E-state index contributed by atoms with van der Waals surface area (Å²) in [6, 6.07) is 12.6. The van der Waals surface area contributed by atoms with E-state index in [4.69, 9.17) is 9.40 Å². The van der Waals surface area contributed by atoms with Gasteiger partial charge in [0.2, 0.25) is 0 Å². The first-order valence-corrected chi connectivity index (χ1v) is 8.74. The van der Waals surface area contributed by atoms with Crippen molar-refractivity contribution in [2.24, 2.45) is 0 Å². The van der Waals surface area contributed by atoms with Gasteiger partial charge in [-0.15, -0.1) is 0 Å². The van der Waals surface area contributed by atoms with Crippen LogP contribution in [0.4, 0.5) is 0 Å². The number of nitrogens with zero attached hydrogens (tertiary/aromatic N) is 2. The van der Waals surface area contributed by atoms with E-state index in [0.717, 1.165) is 45.2 Å². The van der Waals surface area contributed by atoms with Gasteiger partial charge in [0.1, 0.15) is 5.52 Å². The van der Waals surface area contributed by atoms with Gasteiger partial charge in [0, 0.05) is 33.6 Å². The molecule has 0 bridgehead atoms. The first-order valence-electron chi connectivity index (χ1n) is 8.74. The van der Waals surface area contributed by atoms with E-state index in [9.17, 15) is 0 Å². The second-order valence-corrected chi connectivity index (χ2v) is 7.51. The molecule has 3 heteroatoms. The van der Waals surface area contributed by atoms with Crippen LogP contribution in [-0.2, 0) is 11.8 Å². The third-order valence-electron chi connectivity index (χ3n) is 4.67. The largest absolute Gasteiger partial charge is 0.462 e. The Balaban J connectivity index is 2.06. The number of aromatic nitrogens is 2. The Morgan fingerprint density at radius 2 is 1.88 bits per heavy atom. The molecule has 0 N–H and O–H groups in total. The zero-order valence-corrected chi connectivity index (χ0v) is 15.1. The highest BCUT2D eigenvalue weighted by Crippen LogP contribution is 2.35. The van der Waals surface area contributed by atoms with Crippen LogP contribution in [-0.4, -0.2) is 9.97 Å². The van der Waals surface area contributed by atoms with E-state index in [1.165, 1.54) is 5.56 Å². The van der Waals surface area contributed by atoms with Gasteiger partial charge in [-0.05, 0) is 42.3 Å². The fraction of sp³-hybridized carbons (Fsp3) is 0.273. The maximum Gasteiger partial charge on any atom is 0.160 e. The summed E-state index contributed by atoms with van der Waals surface area (Å²) in [5, 5.41) is 2.14. The summed E-state index contributed by atoms with van der Waals surface area (Å²) in [6.07, 6.45) is 4.61. The van der Waals surface area contributed by atoms with Crippen LogP contribution >= 0.6 is 0 Å². The number of rotatable bonds is 2. The molecule has 0 radical (unpaired) electrons. The van der Waals surface area contributed by atoms with Crippen molar-refractivity contribution >= 4 is 21.9 Å². The molecule has 0 amide bonds. The van der Waals surface area contributed by atoms with Crippen molar-refractivity contribution in [1.82, 2.24) is 9.97 Å². The monoisotopic (exact) mass is 330 g/mol. The molecule has 0 aliphatic carbocycles. The molecule has 3 aromatic heterocycles. The van der Waals surface area contributed by atoms with Gasteiger partial charge < -0.3 is 4.42 Å². The molecule has 1 aromatic carbocycles. The van der Waals surface area contributed by atoms with Crippen LogP contribution < -0.4 is 0 Å². The summed E-state index contributed by atoms with van der Waals surface area (Å²) < 4.78 is 5.75. The second kappa shape index (κ2) is 5.69. The summed E-state index contributed by atoms with van der Waals surface area (Å²) in [5.41, 5.74) is 6.17. The molecule has 0 spiro atoms. The predicted octanol–water partition coefficient (Wildman–Crippen LogP) is 5.90. The third kappa shape index (κ3) is 2.70. The zero-order valence-electron chi connectivity index (χ0n) is 15.1. The Hall–Kier alpha value is -2.68. The lowest BCUT2D eigenvalue weighted by molar-refractivity contribution is 0.570. The minimum Gasteiger partial charge on any atom is -0.462 e. The van der Waals surface area contributed by atoms with Crippen molar-refractivity contribution in [3.05, 3.63) is 60.1 Å². The lowest BCUT2D eigenvalue weighted by Crippen LogP contribution is -2.13. The van der Waals surface area contributed by atoms with E-state index in [2.05, 4.69) is 63.0 Å². The van der Waals surface area contributed by atoms with Crippen molar-refractivity contribution in [2.75, 3.05) is 0 Å². The highest BCUT2D eigenvalue weighted by atomic mass is 16.3. The minimum absolute atomic E-state index is 0.0104. The number of aryl methyl sites for hydroxylation is 1. The average molecular weight is 330 g/mol. The number of pyridine rings is 2. The van der Waals surface area contributed by atoms with Gasteiger partial charge in [-0.2, -0.15) is 0 Å². The summed E-state index contributed by atoms with van der Waals surface area (Å²) in [5.74, 6) is 0. The smallest absolute Gasteiger partial charge is 0.160 e. The molecule has 0 saturated heterocycles. The molecule has 0 aliphatic rings. The van der Waals surface area contributed by atoms with Crippen LogP contribution in [0.1, 0.15) is 39.0 Å². The molecule has 25 heavy (non-hydrogen) atoms. The molecule has 126 valence electrons. The second-order valence-electron chi connectivity index (χ2n) is 7.51. The van der Waals surface area contributed by atoms with E-state index in [1.54, 1.807) is 6.26 Å². The Kier molecular flexibility index (Phi) is 3.60. The summed E-state index contributed by atoms with van der Waals surface area (Å²) in [6.45, 7) is 8.69. The van der Waals surface area contributed by atoms with Crippen molar-refractivity contribution in [3.8, 4) is 11.3 Å². The van der Waals surface area contributed by atoms with Gasteiger partial charge in [-0.3, -0.25) is 4.98 Å². The summed E-state index contributed by atoms with van der Waals surface area (Å²) in [7, 11) is 0. The van der Waals surface area contributed by atoms with Crippen LogP contribution in [0.5, 0.6) is 0 Å². The van der Waals surface area contributed by atoms with Gasteiger partial charge >= 0.3 is 0 Å². The quantitative estimate of drug-likeness (QED) is 0.459. The molecule has 0 unspecified atom stereocenters. The molecular weight excluding hydrogens is 308 g/mol. The molecular formula is C22H22N2O. The maximum atomic E-state index is 5.75. The third-order valence-corrected chi connectivity index (χ3v) is 4.67. The topological polar surface area (TPSA) is 38.9 Å². The normalized spacial score (nSPS) is 12.2. The van der Waals surface area contributed by atoms with Gasteiger partial charge in [0.05, 0.1) is 12.0 Å². The van der Waals surface area contributed by atoms with Crippen LogP contribution in [0.2, 0.25) is 0 Å². The van der Waals surface area contributed by atoms with E-state index < -0.39 is 0 Å². The Bertz CT molecular complexity index is 1070. The van der Waals surface area contributed by atoms with Gasteiger partial charge in [-0.25, -0.2) is 4.98 Å². The lowest BCUT2D eigenvalue weighted by atomic mass is 9.90. The lowest BCUT2D eigenvalue weighted by Gasteiger charge is -2.18. The number of furan rings is 1. The number of hydrogen-bond donors (Lipinski definition) is 0. The van der Waals surface area contributed by atoms with Crippen molar-refractivity contribution in [2.45, 2.75) is 39.5 Å². The van der Waals surface area contributed by atoms with Crippen LogP contribution in [0.3, 0.4) is 0 Å². The first kappa shape index (κ1) is 15.8. The Morgan fingerprint density at radius 1 is 1.04 bits per heavy atom. The standard InChI is InChI=1S/C22H22N2O/c1-5-14-8-10-23-18(12-14)17-13-15-9-11-25-21(15)20-16(17)6-7-19(24-20)22(2,3)4/h6-13H,5H2,1-4H3. The van der Waals surface area contributed by atoms with Crippen LogP contribution in [0, 0.1) is 0 Å². The molecule has 0 atom stereocenters. The summed E-state index contributed by atoms with van der Waals surface area (Å²) in [4.78, 5) is 9.57. The minimum atomic E-state index is -0.0104. The SMILES string of the molecule is CCc1ccnc(-c2cc3ccoc3c3nc(C(C)(C)C)ccc23)c1. The van der Waals surface area contributed by atoms with E-state index >= 15 is 0 Å². The van der Waals surface area contributed by atoms with Gasteiger partial charge in [-0.1, -0.05) is 33.8 Å². The van der Waals surface area contributed by atoms with E-state index in [1.807, 2.05) is 12.3 Å². The van der Waals surface area contributed by atoms with Crippen LogP contribution in [0.15, 0.2) is 53.3 Å². The highest BCUT2D eigenvalue weighted by molar-refractivity contribution is 6.09. The average Bonchev–Trinajstić information content (AvgIpc) is 3.08. The Morgan fingerprint density at radius 3 is 2.64 bits per heavy atom. The van der Waals surface area contributed by atoms with Crippen LogP contribution in [0.25, 0.3) is 33.1 Å². The first-order chi connectivity index (χ1) is 12.0. The predicted molar refractivity (Wildman–Crippen MR) is 103 cm³/mol. The van der Waals surface area contributed by atoms with Crippen molar-refractivity contribution in [3.63, 3.8) is 0 Å². The molecule has 3 nitrogen and oxygen atoms in total. The molecule has 0 fully saturated rings. The molecule has 4 rings (SSSR count). The maximum absolute atomic E-state index is 5.75. The molecule has 4 aromatic rings. The number of fused-ring (bicyclic) bond motifs is 3. The molecule has 3 heterocycles. The summed E-state index contributed by atoms with van der Waals surface area (Å²) >= 11 is 0. The number of hydrogen-bond acceptors (Lipinski definition) is 3.